The summed E-state index contributed by atoms with van der Waals surface area (Å²) < 4.78 is 0. The molecule has 2 atom stereocenters. The van der Waals surface area contributed by atoms with Crippen molar-refractivity contribution in [1.82, 2.24) is 5.32 Å². The first-order chi connectivity index (χ1) is 8.08. The summed E-state index contributed by atoms with van der Waals surface area (Å²) in [6.07, 6.45) is 3.37. The second kappa shape index (κ2) is 6.50. The summed E-state index contributed by atoms with van der Waals surface area (Å²) in [5, 5.41) is 22.5. The number of aromatic hydroxyl groups is 2. The quantitative estimate of drug-likeness (QED) is 0.711. The topological polar surface area (TPSA) is 52.5 Å². The molecule has 0 saturated heterocycles. The van der Waals surface area contributed by atoms with E-state index in [0.717, 1.165) is 24.8 Å². The second-order valence-electron chi connectivity index (χ2n) is 4.53. The standard InChI is InChI=1S/C14H23NO2/c1-4-6-11(5-2)15-10(3)13-8-7-12(16)9-14(13)17/h7-11,15-17H,4-6H2,1-3H3. The average Bonchev–Trinajstić information content (AvgIpc) is 2.28. The van der Waals surface area contributed by atoms with Gasteiger partial charge in [-0.2, -0.15) is 0 Å². The summed E-state index contributed by atoms with van der Waals surface area (Å²) in [6.45, 7) is 6.37. The van der Waals surface area contributed by atoms with Gasteiger partial charge in [0.1, 0.15) is 11.5 Å². The number of hydrogen-bond acceptors (Lipinski definition) is 3. The molecule has 0 aliphatic heterocycles. The number of phenolic OH excluding ortho intramolecular Hbond substituents is 2. The minimum absolute atomic E-state index is 0.0899. The molecular formula is C14H23NO2. The summed E-state index contributed by atoms with van der Waals surface area (Å²) in [4.78, 5) is 0. The molecule has 0 saturated carbocycles. The predicted octanol–water partition coefficient (Wildman–Crippen LogP) is 3.33. The van der Waals surface area contributed by atoms with Gasteiger partial charge in [0.25, 0.3) is 0 Å². The highest BCUT2D eigenvalue weighted by molar-refractivity contribution is 5.40. The van der Waals surface area contributed by atoms with E-state index in [0.29, 0.717) is 6.04 Å². The molecule has 2 unspecified atom stereocenters. The Labute approximate surface area is 103 Å². The number of phenols is 2. The van der Waals surface area contributed by atoms with Gasteiger partial charge >= 0.3 is 0 Å². The lowest BCUT2D eigenvalue weighted by Crippen LogP contribution is -2.30. The number of benzene rings is 1. The summed E-state index contributed by atoms with van der Waals surface area (Å²) in [7, 11) is 0. The van der Waals surface area contributed by atoms with Crippen molar-refractivity contribution >= 4 is 0 Å². The normalized spacial score (nSPS) is 14.5. The van der Waals surface area contributed by atoms with E-state index in [1.54, 1.807) is 12.1 Å². The first-order valence-corrected chi connectivity index (χ1v) is 6.36. The van der Waals surface area contributed by atoms with Gasteiger partial charge < -0.3 is 15.5 Å². The van der Waals surface area contributed by atoms with Crippen molar-refractivity contribution in [1.29, 1.82) is 0 Å². The Morgan fingerprint density at radius 2 is 1.94 bits per heavy atom. The Balaban J connectivity index is 2.71. The van der Waals surface area contributed by atoms with Crippen LogP contribution in [-0.4, -0.2) is 16.3 Å². The van der Waals surface area contributed by atoms with Crippen molar-refractivity contribution in [3.63, 3.8) is 0 Å². The molecule has 0 aliphatic carbocycles. The smallest absolute Gasteiger partial charge is 0.124 e. The molecule has 3 nitrogen and oxygen atoms in total. The molecule has 0 bridgehead atoms. The van der Waals surface area contributed by atoms with E-state index in [4.69, 9.17) is 0 Å². The van der Waals surface area contributed by atoms with Gasteiger partial charge in [0, 0.05) is 23.7 Å². The van der Waals surface area contributed by atoms with E-state index in [1.807, 2.05) is 6.92 Å². The highest BCUT2D eigenvalue weighted by atomic mass is 16.3. The molecule has 0 radical (unpaired) electrons. The molecule has 0 aliphatic rings. The van der Waals surface area contributed by atoms with Crippen LogP contribution < -0.4 is 5.32 Å². The van der Waals surface area contributed by atoms with E-state index >= 15 is 0 Å². The molecule has 1 aromatic carbocycles. The fourth-order valence-corrected chi connectivity index (χ4v) is 2.10. The van der Waals surface area contributed by atoms with Gasteiger partial charge in [0.2, 0.25) is 0 Å². The number of rotatable bonds is 6. The summed E-state index contributed by atoms with van der Waals surface area (Å²) >= 11 is 0. The zero-order valence-corrected chi connectivity index (χ0v) is 10.9. The SMILES string of the molecule is CCCC(CC)NC(C)c1ccc(O)cc1O. The van der Waals surface area contributed by atoms with Crippen molar-refractivity contribution in [2.45, 2.75) is 52.1 Å². The Morgan fingerprint density at radius 1 is 1.24 bits per heavy atom. The highest BCUT2D eigenvalue weighted by Crippen LogP contribution is 2.28. The van der Waals surface area contributed by atoms with Crippen molar-refractivity contribution < 1.29 is 10.2 Å². The van der Waals surface area contributed by atoms with E-state index in [1.165, 1.54) is 6.07 Å². The van der Waals surface area contributed by atoms with E-state index in [-0.39, 0.29) is 17.5 Å². The third-order valence-electron chi connectivity index (χ3n) is 3.10. The lowest BCUT2D eigenvalue weighted by Gasteiger charge is -2.22. The summed E-state index contributed by atoms with van der Waals surface area (Å²) in [5.41, 5.74) is 0.831. The molecule has 0 spiro atoms. The highest BCUT2D eigenvalue weighted by Gasteiger charge is 2.14. The minimum Gasteiger partial charge on any atom is -0.508 e. The molecule has 1 aromatic rings. The lowest BCUT2D eigenvalue weighted by atomic mass is 10.0. The van der Waals surface area contributed by atoms with Crippen LogP contribution in [0.15, 0.2) is 18.2 Å². The maximum atomic E-state index is 9.78. The second-order valence-corrected chi connectivity index (χ2v) is 4.53. The molecule has 96 valence electrons. The first kappa shape index (κ1) is 13.8. The zero-order valence-electron chi connectivity index (χ0n) is 10.9. The van der Waals surface area contributed by atoms with Crippen molar-refractivity contribution in [2.75, 3.05) is 0 Å². The molecule has 3 heteroatoms. The Hall–Kier alpha value is -1.22. The van der Waals surface area contributed by atoms with Crippen LogP contribution in [0.2, 0.25) is 0 Å². The largest absolute Gasteiger partial charge is 0.508 e. The molecule has 0 aromatic heterocycles. The molecule has 1 rings (SSSR count). The van der Waals surface area contributed by atoms with Gasteiger partial charge in [0.15, 0.2) is 0 Å². The first-order valence-electron chi connectivity index (χ1n) is 6.36. The van der Waals surface area contributed by atoms with Gasteiger partial charge in [-0.05, 0) is 25.8 Å². The molecule has 0 heterocycles. The van der Waals surface area contributed by atoms with Crippen LogP contribution >= 0.6 is 0 Å². The van der Waals surface area contributed by atoms with Crippen LogP contribution in [0.3, 0.4) is 0 Å². The maximum absolute atomic E-state index is 9.78. The Morgan fingerprint density at radius 3 is 2.47 bits per heavy atom. The van der Waals surface area contributed by atoms with Gasteiger partial charge in [-0.25, -0.2) is 0 Å². The van der Waals surface area contributed by atoms with Gasteiger partial charge in [-0.1, -0.05) is 26.3 Å². The van der Waals surface area contributed by atoms with Crippen LogP contribution in [0.4, 0.5) is 0 Å². The number of hydrogen-bond donors (Lipinski definition) is 3. The third-order valence-corrected chi connectivity index (χ3v) is 3.10. The van der Waals surface area contributed by atoms with E-state index < -0.39 is 0 Å². The minimum atomic E-state index is 0.0899. The van der Waals surface area contributed by atoms with Crippen molar-refractivity contribution in [2.24, 2.45) is 0 Å². The van der Waals surface area contributed by atoms with E-state index in [2.05, 4.69) is 19.2 Å². The fraction of sp³-hybridized carbons (Fsp3) is 0.571. The summed E-state index contributed by atoms with van der Waals surface area (Å²) in [6, 6.07) is 5.32. The fourth-order valence-electron chi connectivity index (χ4n) is 2.10. The summed E-state index contributed by atoms with van der Waals surface area (Å²) in [5.74, 6) is 0.246. The molecular weight excluding hydrogens is 214 g/mol. The predicted molar refractivity (Wildman–Crippen MR) is 70.3 cm³/mol. The van der Waals surface area contributed by atoms with Gasteiger partial charge in [0.05, 0.1) is 0 Å². The van der Waals surface area contributed by atoms with Gasteiger partial charge in [-0.15, -0.1) is 0 Å². The zero-order chi connectivity index (χ0) is 12.8. The van der Waals surface area contributed by atoms with Gasteiger partial charge in [-0.3, -0.25) is 0 Å². The molecule has 0 amide bonds. The Kier molecular flexibility index (Phi) is 5.29. The monoisotopic (exact) mass is 237 g/mol. The maximum Gasteiger partial charge on any atom is 0.124 e. The molecule has 17 heavy (non-hydrogen) atoms. The number of nitrogens with one attached hydrogen (secondary N) is 1. The van der Waals surface area contributed by atoms with Crippen LogP contribution in [0.1, 0.15) is 51.6 Å². The van der Waals surface area contributed by atoms with Crippen LogP contribution in [0.5, 0.6) is 11.5 Å². The van der Waals surface area contributed by atoms with Crippen molar-refractivity contribution in [3.05, 3.63) is 23.8 Å². The Bertz CT molecular complexity index is 352. The lowest BCUT2D eigenvalue weighted by molar-refractivity contribution is 0.398. The van der Waals surface area contributed by atoms with Crippen LogP contribution in [0, 0.1) is 0 Å². The molecule has 3 N–H and O–H groups in total. The van der Waals surface area contributed by atoms with Crippen molar-refractivity contribution in [3.8, 4) is 11.5 Å². The molecule has 0 fully saturated rings. The third kappa shape index (κ3) is 3.93. The average molecular weight is 237 g/mol. The van der Waals surface area contributed by atoms with E-state index in [9.17, 15) is 10.2 Å². The van der Waals surface area contributed by atoms with Crippen LogP contribution in [0.25, 0.3) is 0 Å². The van der Waals surface area contributed by atoms with Crippen LogP contribution in [-0.2, 0) is 0 Å².